The summed E-state index contributed by atoms with van der Waals surface area (Å²) in [5.41, 5.74) is 1.80. The van der Waals surface area contributed by atoms with Crippen molar-refractivity contribution in [1.82, 2.24) is 15.5 Å². The number of H-pyrrole nitrogens is 1. The molecular formula is C16H20N4O3. The minimum Gasteiger partial charge on any atom is -0.481 e. The van der Waals surface area contributed by atoms with Gasteiger partial charge in [0, 0.05) is 29.4 Å². The first-order valence-electron chi connectivity index (χ1n) is 7.26. The molecule has 2 amide bonds. The minimum absolute atomic E-state index is 0.00257. The molecule has 0 unspecified atom stereocenters. The first kappa shape index (κ1) is 16.5. The van der Waals surface area contributed by atoms with Gasteiger partial charge in [-0.15, -0.1) is 0 Å². The van der Waals surface area contributed by atoms with Gasteiger partial charge in [-0.2, -0.15) is 5.10 Å². The lowest BCUT2D eigenvalue weighted by molar-refractivity contribution is -0.137. The maximum Gasteiger partial charge on any atom is 0.319 e. The fourth-order valence-corrected chi connectivity index (χ4v) is 2.13. The van der Waals surface area contributed by atoms with E-state index in [0.29, 0.717) is 12.1 Å². The van der Waals surface area contributed by atoms with Crippen LogP contribution in [0.2, 0.25) is 0 Å². The summed E-state index contributed by atoms with van der Waals surface area (Å²) in [5.74, 6) is -0.882. The average molecular weight is 316 g/mol. The molecule has 1 aromatic carbocycles. The Labute approximate surface area is 134 Å². The Morgan fingerprint density at radius 2 is 2.09 bits per heavy atom. The number of aliphatic carboxylic acids is 1. The number of amides is 2. The Bertz CT molecular complexity index is 680. The van der Waals surface area contributed by atoms with Gasteiger partial charge >= 0.3 is 12.0 Å². The van der Waals surface area contributed by atoms with Crippen molar-refractivity contribution >= 4 is 17.7 Å². The van der Waals surface area contributed by atoms with Gasteiger partial charge in [0.25, 0.3) is 0 Å². The van der Waals surface area contributed by atoms with Crippen molar-refractivity contribution in [2.45, 2.75) is 32.2 Å². The Balaban J connectivity index is 1.98. The van der Waals surface area contributed by atoms with Gasteiger partial charge in [-0.1, -0.05) is 12.1 Å². The van der Waals surface area contributed by atoms with E-state index >= 15 is 0 Å². The van der Waals surface area contributed by atoms with Crippen LogP contribution in [-0.4, -0.2) is 32.8 Å². The molecule has 0 atom stereocenters. The minimum atomic E-state index is -0.882. The van der Waals surface area contributed by atoms with E-state index in [0.717, 1.165) is 11.3 Å². The predicted octanol–water partition coefficient (Wildman–Crippen LogP) is 2.84. The molecule has 0 fully saturated rings. The molecule has 1 aromatic heterocycles. The number of aromatic amines is 1. The molecule has 0 saturated heterocycles. The van der Waals surface area contributed by atoms with Crippen molar-refractivity contribution in [3.05, 3.63) is 36.5 Å². The second-order valence-corrected chi connectivity index (χ2v) is 5.91. The van der Waals surface area contributed by atoms with E-state index in [1.807, 2.05) is 24.3 Å². The maximum atomic E-state index is 12.1. The molecule has 2 aromatic rings. The summed E-state index contributed by atoms with van der Waals surface area (Å²) < 4.78 is 0. The van der Waals surface area contributed by atoms with Gasteiger partial charge in [-0.25, -0.2) is 4.79 Å². The summed E-state index contributed by atoms with van der Waals surface area (Å²) in [4.78, 5) is 22.7. The number of nitrogens with one attached hydrogen (secondary N) is 3. The lowest BCUT2D eigenvalue weighted by atomic mass is 9.99. The largest absolute Gasteiger partial charge is 0.481 e. The zero-order valence-corrected chi connectivity index (χ0v) is 13.1. The molecule has 7 nitrogen and oxygen atoms in total. The Morgan fingerprint density at radius 1 is 1.30 bits per heavy atom. The standard InChI is InChI=1S/C16H20N4O3/c1-16(2,8-6-14(21)22)19-15(23)18-12-5-3-4-11(10-12)13-7-9-17-20-13/h3-5,7,9-10H,6,8H2,1-2H3,(H,17,20)(H,21,22)(H2,18,19,23). The summed E-state index contributed by atoms with van der Waals surface area (Å²) >= 11 is 0. The molecule has 0 radical (unpaired) electrons. The molecule has 0 aliphatic rings. The number of anilines is 1. The summed E-state index contributed by atoms with van der Waals surface area (Å²) in [6, 6.07) is 8.83. The van der Waals surface area contributed by atoms with Crippen molar-refractivity contribution in [2.75, 3.05) is 5.32 Å². The predicted molar refractivity (Wildman–Crippen MR) is 87.1 cm³/mol. The highest BCUT2D eigenvalue weighted by Gasteiger charge is 2.21. The number of hydrogen-bond acceptors (Lipinski definition) is 3. The van der Waals surface area contributed by atoms with Gasteiger partial charge in [0.05, 0.1) is 5.69 Å². The monoisotopic (exact) mass is 316 g/mol. The van der Waals surface area contributed by atoms with Crippen LogP contribution in [0, 0.1) is 0 Å². The lowest BCUT2D eigenvalue weighted by Crippen LogP contribution is -2.45. The average Bonchev–Trinajstić information content (AvgIpc) is 2.99. The molecule has 23 heavy (non-hydrogen) atoms. The SMILES string of the molecule is CC(C)(CCC(=O)O)NC(=O)Nc1cccc(-c2ccn[nH]2)c1. The molecule has 0 aliphatic heterocycles. The summed E-state index contributed by atoms with van der Waals surface area (Å²) in [6.07, 6.45) is 2.01. The van der Waals surface area contributed by atoms with Crippen LogP contribution in [0.1, 0.15) is 26.7 Å². The number of carbonyl (C=O) groups is 2. The third-order valence-electron chi connectivity index (χ3n) is 3.35. The zero-order chi connectivity index (χ0) is 16.9. The molecule has 122 valence electrons. The van der Waals surface area contributed by atoms with Crippen LogP contribution >= 0.6 is 0 Å². The number of urea groups is 1. The number of carboxylic acid groups (broad SMARTS) is 1. The van der Waals surface area contributed by atoms with E-state index in [-0.39, 0.29) is 12.5 Å². The third-order valence-corrected chi connectivity index (χ3v) is 3.35. The molecule has 2 rings (SSSR count). The van der Waals surface area contributed by atoms with E-state index in [1.165, 1.54) is 0 Å². The number of rotatable bonds is 6. The molecule has 0 spiro atoms. The normalized spacial score (nSPS) is 11.0. The highest BCUT2D eigenvalue weighted by Crippen LogP contribution is 2.20. The number of nitrogens with zero attached hydrogens (tertiary/aromatic N) is 1. The number of aromatic nitrogens is 2. The third kappa shape index (κ3) is 5.14. The zero-order valence-electron chi connectivity index (χ0n) is 13.1. The Morgan fingerprint density at radius 3 is 2.74 bits per heavy atom. The van der Waals surface area contributed by atoms with Crippen LogP contribution in [0.3, 0.4) is 0 Å². The van der Waals surface area contributed by atoms with Gasteiger partial charge in [-0.05, 0) is 38.5 Å². The molecule has 1 heterocycles. The van der Waals surface area contributed by atoms with Gasteiger partial charge in [0.15, 0.2) is 0 Å². The van der Waals surface area contributed by atoms with Gasteiger partial charge in [0.2, 0.25) is 0 Å². The molecule has 7 heteroatoms. The first-order chi connectivity index (χ1) is 10.9. The van der Waals surface area contributed by atoms with Gasteiger partial charge in [-0.3, -0.25) is 9.89 Å². The molecule has 0 aliphatic carbocycles. The van der Waals surface area contributed by atoms with Gasteiger partial charge in [0.1, 0.15) is 0 Å². The van der Waals surface area contributed by atoms with Crippen LogP contribution in [0.5, 0.6) is 0 Å². The quantitative estimate of drug-likeness (QED) is 0.657. The highest BCUT2D eigenvalue weighted by atomic mass is 16.4. The summed E-state index contributed by atoms with van der Waals surface area (Å²) in [6.45, 7) is 3.58. The lowest BCUT2D eigenvalue weighted by Gasteiger charge is -2.25. The van der Waals surface area contributed by atoms with Crippen molar-refractivity contribution in [2.24, 2.45) is 0 Å². The van der Waals surface area contributed by atoms with Crippen LogP contribution in [-0.2, 0) is 4.79 Å². The Hall–Kier alpha value is -2.83. The van der Waals surface area contributed by atoms with E-state index in [2.05, 4.69) is 20.8 Å². The maximum absolute atomic E-state index is 12.1. The van der Waals surface area contributed by atoms with Crippen LogP contribution in [0.4, 0.5) is 10.5 Å². The van der Waals surface area contributed by atoms with Crippen LogP contribution < -0.4 is 10.6 Å². The number of carboxylic acids is 1. The van der Waals surface area contributed by atoms with Gasteiger partial charge < -0.3 is 15.7 Å². The molecule has 4 N–H and O–H groups in total. The van der Waals surface area contributed by atoms with Crippen molar-refractivity contribution in [3.8, 4) is 11.3 Å². The molecule has 0 bridgehead atoms. The summed E-state index contributed by atoms with van der Waals surface area (Å²) in [7, 11) is 0. The fraction of sp³-hybridized carbons (Fsp3) is 0.312. The first-order valence-corrected chi connectivity index (χ1v) is 7.26. The second-order valence-electron chi connectivity index (χ2n) is 5.91. The van der Waals surface area contributed by atoms with E-state index < -0.39 is 11.5 Å². The number of benzene rings is 1. The molecular weight excluding hydrogens is 296 g/mol. The van der Waals surface area contributed by atoms with Crippen molar-refractivity contribution < 1.29 is 14.7 Å². The number of carbonyl (C=O) groups excluding carboxylic acids is 1. The molecule has 0 saturated carbocycles. The highest BCUT2D eigenvalue weighted by molar-refractivity contribution is 5.90. The fourth-order valence-electron chi connectivity index (χ4n) is 2.13. The second kappa shape index (κ2) is 6.95. The Kier molecular flexibility index (Phi) is 5.00. The van der Waals surface area contributed by atoms with Crippen LogP contribution in [0.15, 0.2) is 36.5 Å². The smallest absolute Gasteiger partial charge is 0.319 e. The summed E-state index contributed by atoms with van der Waals surface area (Å²) in [5, 5.41) is 21.0. The topological polar surface area (TPSA) is 107 Å². The van der Waals surface area contributed by atoms with E-state index in [1.54, 1.807) is 26.1 Å². The van der Waals surface area contributed by atoms with E-state index in [4.69, 9.17) is 5.11 Å². The van der Waals surface area contributed by atoms with Crippen molar-refractivity contribution in [3.63, 3.8) is 0 Å². The van der Waals surface area contributed by atoms with E-state index in [9.17, 15) is 9.59 Å². The number of hydrogen-bond donors (Lipinski definition) is 4. The van der Waals surface area contributed by atoms with Crippen LogP contribution in [0.25, 0.3) is 11.3 Å². The van der Waals surface area contributed by atoms with Crippen molar-refractivity contribution in [1.29, 1.82) is 0 Å².